The van der Waals surface area contributed by atoms with Crippen molar-refractivity contribution in [1.82, 2.24) is 10.2 Å². The van der Waals surface area contributed by atoms with Crippen LogP contribution in [0.4, 0.5) is 14.5 Å². The van der Waals surface area contributed by atoms with Gasteiger partial charge in [0.05, 0.1) is 17.1 Å². The van der Waals surface area contributed by atoms with Gasteiger partial charge in [-0.25, -0.2) is 17.2 Å². The number of hydrogen-bond acceptors (Lipinski definition) is 3. The lowest BCUT2D eigenvalue weighted by molar-refractivity contribution is 0.582. The molecule has 2 N–H and O–H groups in total. The van der Waals surface area contributed by atoms with Crippen LogP contribution in [-0.2, 0) is 10.0 Å². The van der Waals surface area contributed by atoms with Crippen molar-refractivity contribution < 1.29 is 17.2 Å². The topological polar surface area (TPSA) is 74.8 Å². The average Bonchev–Trinajstić information content (AvgIpc) is 2.63. The predicted octanol–water partition coefficient (Wildman–Crippen LogP) is 2.11. The van der Waals surface area contributed by atoms with E-state index >= 15 is 0 Å². The molecule has 5 nitrogen and oxygen atoms in total. The van der Waals surface area contributed by atoms with Crippen LogP contribution in [0.5, 0.6) is 0 Å². The lowest BCUT2D eigenvalue weighted by Crippen LogP contribution is -2.15. The van der Waals surface area contributed by atoms with E-state index in [0.29, 0.717) is 11.8 Å². The first kappa shape index (κ1) is 13.5. The smallest absolute Gasteiger partial charge is 0.265 e. The fourth-order valence-corrected chi connectivity index (χ4v) is 3.15. The molecule has 102 valence electrons. The van der Waals surface area contributed by atoms with Crippen molar-refractivity contribution in [1.29, 1.82) is 0 Å². The van der Waals surface area contributed by atoms with E-state index in [1.54, 1.807) is 0 Å². The maximum Gasteiger partial charge on any atom is 0.265 e. The summed E-state index contributed by atoms with van der Waals surface area (Å²) in [6.45, 7) is 3.05. The van der Waals surface area contributed by atoms with Crippen LogP contribution in [0.2, 0.25) is 0 Å². The number of hydrogen-bond donors (Lipinski definition) is 2. The molecule has 0 unspecified atom stereocenters. The number of anilines is 1. The van der Waals surface area contributed by atoms with Gasteiger partial charge in [0.2, 0.25) is 0 Å². The van der Waals surface area contributed by atoms with Crippen molar-refractivity contribution in [2.24, 2.45) is 0 Å². The molecule has 0 radical (unpaired) electrons. The van der Waals surface area contributed by atoms with Crippen molar-refractivity contribution in [3.05, 3.63) is 41.2 Å². The van der Waals surface area contributed by atoms with Gasteiger partial charge in [-0.2, -0.15) is 5.10 Å². The van der Waals surface area contributed by atoms with E-state index in [-0.39, 0.29) is 16.3 Å². The van der Waals surface area contributed by atoms with Crippen molar-refractivity contribution >= 4 is 15.7 Å². The minimum atomic E-state index is -3.97. The predicted molar refractivity (Wildman–Crippen MR) is 65.2 cm³/mol. The molecule has 0 aliphatic carbocycles. The van der Waals surface area contributed by atoms with Crippen LogP contribution in [0.15, 0.2) is 23.1 Å². The highest BCUT2D eigenvalue weighted by molar-refractivity contribution is 7.92. The molecule has 0 amide bonds. The maximum atomic E-state index is 13.4. The fourth-order valence-electron chi connectivity index (χ4n) is 1.70. The molecular weight excluding hydrogens is 276 g/mol. The summed E-state index contributed by atoms with van der Waals surface area (Å²) < 4.78 is 52.5. The summed E-state index contributed by atoms with van der Waals surface area (Å²) in [5.74, 6) is -1.77. The SMILES string of the molecule is Cc1n[nH]c(C)c1S(=O)(=O)Nc1ccc(F)cc1F. The number of sulfonamides is 1. The van der Waals surface area contributed by atoms with Gasteiger partial charge in [0, 0.05) is 6.07 Å². The molecule has 0 aliphatic rings. The van der Waals surface area contributed by atoms with Crippen LogP contribution in [0.3, 0.4) is 0 Å². The Morgan fingerprint density at radius 1 is 1.26 bits per heavy atom. The Morgan fingerprint density at radius 3 is 2.47 bits per heavy atom. The first-order valence-corrected chi connectivity index (χ1v) is 6.79. The largest absolute Gasteiger partial charge is 0.281 e. The molecule has 0 spiro atoms. The van der Waals surface area contributed by atoms with Gasteiger partial charge in [0.25, 0.3) is 10.0 Å². The fraction of sp³-hybridized carbons (Fsp3) is 0.182. The van der Waals surface area contributed by atoms with Gasteiger partial charge in [0.15, 0.2) is 0 Å². The highest BCUT2D eigenvalue weighted by Gasteiger charge is 2.23. The Balaban J connectivity index is 2.42. The number of rotatable bonds is 3. The van der Waals surface area contributed by atoms with E-state index < -0.39 is 21.7 Å². The molecule has 1 aromatic heterocycles. The van der Waals surface area contributed by atoms with Gasteiger partial charge in [-0.3, -0.25) is 9.82 Å². The van der Waals surface area contributed by atoms with Crippen molar-refractivity contribution in [2.45, 2.75) is 18.7 Å². The molecule has 1 heterocycles. The number of nitrogens with zero attached hydrogens (tertiary/aromatic N) is 1. The Hall–Kier alpha value is -1.96. The zero-order chi connectivity index (χ0) is 14.2. The van der Waals surface area contributed by atoms with E-state index in [0.717, 1.165) is 12.1 Å². The molecule has 2 rings (SSSR count). The normalized spacial score (nSPS) is 11.6. The third kappa shape index (κ3) is 2.58. The van der Waals surface area contributed by atoms with E-state index in [1.807, 2.05) is 0 Å². The summed E-state index contributed by atoms with van der Waals surface area (Å²) in [7, 11) is -3.97. The molecule has 8 heteroatoms. The van der Waals surface area contributed by atoms with Gasteiger partial charge in [-0.1, -0.05) is 0 Å². The zero-order valence-electron chi connectivity index (χ0n) is 10.2. The first-order chi connectivity index (χ1) is 8.81. The molecule has 19 heavy (non-hydrogen) atoms. The maximum absolute atomic E-state index is 13.4. The minimum Gasteiger partial charge on any atom is -0.281 e. The Morgan fingerprint density at radius 2 is 1.95 bits per heavy atom. The Labute approximate surface area is 108 Å². The molecule has 0 aliphatic heterocycles. The zero-order valence-corrected chi connectivity index (χ0v) is 11.0. The summed E-state index contributed by atoms with van der Waals surface area (Å²) in [5, 5.41) is 6.29. The first-order valence-electron chi connectivity index (χ1n) is 5.30. The molecule has 0 fully saturated rings. The number of aromatic amines is 1. The van der Waals surface area contributed by atoms with Crippen molar-refractivity contribution in [3.63, 3.8) is 0 Å². The second kappa shape index (κ2) is 4.61. The standard InChI is InChI=1S/C11H11F2N3O2S/c1-6-11(7(2)15-14-6)19(17,18)16-10-4-3-8(12)5-9(10)13/h3-5,16H,1-2H3,(H,14,15). The van der Waals surface area contributed by atoms with Crippen LogP contribution in [0.1, 0.15) is 11.4 Å². The third-order valence-electron chi connectivity index (χ3n) is 2.50. The summed E-state index contributed by atoms with van der Waals surface area (Å²) in [6.07, 6.45) is 0. The van der Waals surface area contributed by atoms with Crippen LogP contribution >= 0.6 is 0 Å². The lowest BCUT2D eigenvalue weighted by Gasteiger charge is -2.09. The van der Waals surface area contributed by atoms with Crippen LogP contribution in [0.25, 0.3) is 0 Å². The lowest BCUT2D eigenvalue weighted by atomic mass is 10.3. The number of halogens is 2. The summed E-state index contributed by atoms with van der Waals surface area (Å²) in [4.78, 5) is -0.0452. The van der Waals surface area contributed by atoms with Crippen molar-refractivity contribution in [3.8, 4) is 0 Å². The van der Waals surface area contributed by atoms with E-state index in [9.17, 15) is 17.2 Å². The quantitative estimate of drug-likeness (QED) is 0.907. The van der Waals surface area contributed by atoms with E-state index in [4.69, 9.17) is 0 Å². The number of nitrogens with one attached hydrogen (secondary N) is 2. The number of aromatic nitrogens is 2. The van der Waals surface area contributed by atoms with Crippen LogP contribution < -0.4 is 4.72 Å². The number of H-pyrrole nitrogens is 1. The number of aryl methyl sites for hydroxylation is 2. The molecular formula is C11H11F2N3O2S. The molecule has 0 atom stereocenters. The van der Waals surface area contributed by atoms with E-state index in [1.165, 1.54) is 13.8 Å². The summed E-state index contributed by atoms with van der Waals surface area (Å²) in [6, 6.07) is 2.59. The van der Waals surface area contributed by atoms with Gasteiger partial charge in [-0.05, 0) is 26.0 Å². The minimum absolute atomic E-state index is 0.0452. The van der Waals surface area contributed by atoms with Gasteiger partial charge in [0.1, 0.15) is 16.5 Å². The summed E-state index contributed by atoms with van der Waals surface area (Å²) >= 11 is 0. The molecule has 0 saturated heterocycles. The highest BCUT2D eigenvalue weighted by atomic mass is 32.2. The van der Waals surface area contributed by atoms with E-state index in [2.05, 4.69) is 14.9 Å². The summed E-state index contributed by atoms with van der Waals surface area (Å²) in [5.41, 5.74) is 0.293. The Kier molecular flexibility index (Phi) is 3.27. The van der Waals surface area contributed by atoms with Crippen LogP contribution in [0, 0.1) is 25.5 Å². The van der Waals surface area contributed by atoms with Gasteiger partial charge in [-0.15, -0.1) is 0 Å². The van der Waals surface area contributed by atoms with Gasteiger partial charge < -0.3 is 0 Å². The second-order valence-corrected chi connectivity index (χ2v) is 5.61. The number of benzene rings is 1. The van der Waals surface area contributed by atoms with Crippen molar-refractivity contribution in [2.75, 3.05) is 4.72 Å². The Bertz CT molecular complexity index is 706. The monoisotopic (exact) mass is 287 g/mol. The second-order valence-electron chi connectivity index (χ2n) is 3.99. The van der Waals surface area contributed by atoms with Gasteiger partial charge >= 0.3 is 0 Å². The molecule has 2 aromatic rings. The molecule has 0 bridgehead atoms. The van der Waals surface area contributed by atoms with Crippen LogP contribution in [-0.4, -0.2) is 18.6 Å². The highest BCUT2D eigenvalue weighted by Crippen LogP contribution is 2.22. The third-order valence-corrected chi connectivity index (χ3v) is 4.13. The average molecular weight is 287 g/mol. The molecule has 1 aromatic carbocycles. The molecule has 0 saturated carbocycles.